The Morgan fingerprint density at radius 2 is 1.80 bits per heavy atom. The molecule has 0 fully saturated rings. The molecule has 0 aromatic heterocycles. The Bertz CT molecular complexity index is 651. The number of benzene rings is 2. The SMILES string of the molecule is CC(=NNC(=O)c1ccc(F)cc1)c1ccccc1O. The van der Waals surface area contributed by atoms with E-state index in [9.17, 15) is 14.3 Å². The smallest absolute Gasteiger partial charge is 0.271 e. The predicted octanol–water partition coefficient (Wildman–Crippen LogP) is 2.69. The first-order valence-corrected chi connectivity index (χ1v) is 5.96. The van der Waals surface area contributed by atoms with E-state index < -0.39 is 11.7 Å². The highest BCUT2D eigenvalue weighted by Crippen LogP contribution is 2.16. The van der Waals surface area contributed by atoms with Crippen LogP contribution < -0.4 is 5.43 Å². The Kier molecular flexibility index (Phi) is 4.10. The van der Waals surface area contributed by atoms with Gasteiger partial charge in [0.25, 0.3) is 5.91 Å². The summed E-state index contributed by atoms with van der Waals surface area (Å²) in [6.07, 6.45) is 0. The third-order valence-electron chi connectivity index (χ3n) is 2.73. The van der Waals surface area contributed by atoms with E-state index in [2.05, 4.69) is 10.5 Å². The lowest BCUT2D eigenvalue weighted by atomic mass is 10.1. The van der Waals surface area contributed by atoms with Crippen molar-refractivity contribution >= 4 is 11.6 Å². The summed E-state index contributed by atoms with van der Waals surface area (Å²) in [5, 5.41) is 13.6. The third kappa shape index (κ3) is 3.20. The summed E-state index contributed by atoms with van der Waals surface area (Å²) in [5.74, 6) is -0.764. The lowest BCUT2D eigenvalue weighted by molar-refractivity contribution is 0.0955. The number of hydrogen-bond donors (Lipinski definition) is 2. The summed E-state index contributed by atoms with van der Waals surface area (Å²) < 4.78 is 12.7. The van der Waals surface area contributed by atoms with Crippen molar-refractivity contribution in [3.8, 4) is 5.75 Å². The van der Waals surface area contributed by atoms with Gasteiger partial charge in [0.15, 0.2) is 0 Å². The van der Waals surface area contributed by atoms with Gasteiger partial charge in [-0.3, -0.25) is 4.79 Å². The van der Waals surface area contributed by atoms with Crippen LogP contribution in [-0.4, -0.2) is 16.7 Å². The summed E-state index contributed by atoms with van der Waals surface area (Å²) in [6, 6.07) is 11.8. The molecule has 0 saturated heterocycles. The Morgan fingerprint density at radius 3 is 2.45 bits per heavy atom. The van der Waals surface area contributed by atoms with Gasteiger partial charge >= 0.3 is 0 Å². The van der Waals surface area contributed by atoms with Gasteiger partial charge in [0.2, 0.25) is 0 Å². The second-order valence-corrected chi connectivity index (χ2v) is 4.16. The van der Waals surface area contributed by atoms with Gasteiger partial charge in [-0.1, -0.05) is 12.1 Å². The maximum atomic E-state index is 12.7. The van der Waals surface area contributed by atoms with Crippen LogP contribution in [0.15, 0.2) is 53.6 Å². The van der Waals surface area contributed by atoms with Gasteiger partial charge in [-0.15, -0.1) is 0 Å². The van der Waals surface area contributed by atoms with Crippen LogP contribution in [0.3, 0.4) is 0 Å². The average molecular weight is 272 g/mol. The molecule has 0 radical (unpaired) electrons. The zero-order valence-electron chi connectivity index (χ0n) is 10.8. The zero-order valence-corrected chi connectivity index (χ0v) is 10.8. The van der Waals surface area contributed by atoms with Crippen LogP contribution in [0.1, 0.15) is 22.8 Å². The molecule has 4 nitrogen and oxygen atoms in total. The first kappa shape index (κ1) is 13.7. The quantitative estimate of drug-likeness (QED) is 0.666. The third-order valence-corrected chi connectivity index (χ3v) is 2.73. The number of rotatable bonds is 3. The van der Waals surface area contributed by atoms with Crippen molar-refractivity contribution in [1.29, 1.82) is 0 Å². The number of para-hydroxylation sites is 1. The van der Waals surface area contributed by atoms with E-state index >= 15 is 0 Å². The van der Waals surface area contributed by atoms with Crippen molar-refractivity contribution in [2.45, 2.75) is 6.92 Å². The number of carbonyl (C=O) groups is 1. The molecule has 2 N–H and O–H groups in total. The van der Waals surface area contributed by atoms with Gasteiger partial charge in [-0.05, 0) is 43.3 Å². The minimum absolute atomic E-state index is 0.0878. The largest absolute Gasteiger partial charge is 0.507 e. The highest BCUT2D eigenvalue weighted by Gasteiger charge is 2.06. The molecule has 2 aromatic rings. The number of hydrazone groups is 1. The van der Waals surface area contributed by atoms with Gasteiger partial charge in [0.1, 0.15) is 11.6 Å². The van der Waals surface area contributed by atoms with Crippen molar-refractivity contribution in [2.75, 3.05) is 0 Å². The van der Waals surface area contributed by atoms with Crippen molar-refractivity contribution in [1.82, 2.24) is 5.43 Å². The Balaban J connectivity index is 2.11. The van der Waals surface area contributed by atoms with Gasteiger partial charge in [-0.25, -0.2) is 9.82 Å². The molecule has 0 aliphatic carbocycles. The Morgan fingerprint density at radius 1 is 1.15 bits per heavy atom. The number of amides is 1. The molecule has 5 heteroatoms. The molecule has 2 aromatic carbocycles. The molecule has 0 unspecified atom stereocenters. The first-order valence-electron chi connectivity index (χ1n) is 5.96. The van der Waals surface area contributed by atoms with Crippen molar-refractivity contribution < 1.29 is 14.3 Å². The second kappa shape index (κ2) is 5.97. The maximum Gasteiger partial charge on any atom is 0.271 e. The van der Waals surface area contributed by atoms with Crippen LogP contribution in [0.5, 0.6) is 5.75 Å². The van der Waals surface area contributed by atoms with Crippen LogP contribution in [0.4, 0.5) is 4.39 Å². The van der Waals surface area contributed by atoms with E-state index in [1.807, 2.05) is 0 Å². The minimum atomic E-state index is -0.445. The van der Waals surface area contributed by atoms with E-state index in [1.54, 1.807) is 25.1 Å². The number of halogens is 1. The molecule has 0 saturated carbocycles. The molecule has 0 aliphatic heterocycles. The minimum Gasteiger partial charge on any atom is -0.507 e. The molecule has 20 heavy (non-hydrogen) atoms. The maximum absolute atomic E-state index is 12.7. The summed E-state index contributed by atoms with van der Waals surface area (Å²) in [6.45, 7) is 1.67. The topological polar surface area (TPSA) is 61.7 Å². The fraction of sp³-hybridized carbons (Fsp3) is 0.0667. The lowest BCUT2D eigenvalue weighted by Gasteiger charge is -2.04. The van der Waals surface area contributed by atoms with Crippen LogP contribution in [-0.2, 0) is 0 Å². The van der Waals surface area contributed by atoms with Gasteiger partial charge in [-0.2, -0.15) is 5.10 Å². The van der Waals surface area contributed by atoms with Crippen LogP contribution >= 0.6 is 0 Å². The Hall–Kier alpha value is -2.69. The number of nitrogens with zero attached hydrogens (tertiary/aromatic N) is 1. The zero-order chi connectivity index (χ0) is 14.5. The van der Waals surface area contributed by atoms with E-state index in [1.165, 1.54) is 30.3 Å². The van der Waals surface area contributed by atoms with Crippen molar-refractivity contribution in [3.05, 3.63) is 65.5 Å². The standard InChI is InChI=1S/C15H13FN2O2/c1-10(13-4-2-3-5-14(13)19)17-18-15(20)11-6-8-12(16)9-7-11/h2-9,19H,1H3,(H,18,20). The van der Waals surface area contributed by atoms with Gasteiger partial charge in [0.05, 0.1) is 5.71 Å². The molecule has 0 aliphatic rings. The summed E-state index contributed by atoms with van der Waals surface area (Å²) in [7, 11) is 0. The van der Waals surface area contributed by atoms with Crippen molar-refractivity contribution in [2.24, 2.45) is 5.10 Å². The number of phenolic OH excluding ortho intramolecular Hbond substituents is 1. The van der Waals surface area contributed by atoms with Crippen molar-refractivity contribution in [3.63, 3.8) is 0 Å². The first-order chi connectivity index (χ1) is 9.58. The fourth-order valence-electron chi connectivity index (χ4n) is 1.64. The van der Waals surface area contributed by atoms with E-state index in [4.69, 9.17) is 0 Å². The number of phenols is 1. The number of carbonyl (C=O) groups excluding carboxylic acids is 1. The molecule has 0 spiro atoms. The molecular weight excluding hydrogens is 259 g/mol. The number of nitrogens with one attached hydrogen (secondary N) is 1. The molecular formula is C15H13FN2O2. The van der Waals surface area contributed by atoms with E-state index in [0.29, 0.717) is 16.8 Å². The molecule has 0 bridgehead atoms. The number of aromatic hydroxyl groups is 1. The monoisotopic (exact) mass is 272 g/mol. The van der Waals surface area contributed by atoms with Crippen LogP contribution in [0.2, 0.25) is 0 Å². The van der Waals surface area contributed by atoms with Gasteiger partial charge in [0, 0.05) is 11.1 Å². The number of hydrogen-bond acceptors (Lipinski definition) is 3. The lowest BCUT2D eigenvalue weighted by Crippen LogP contribution is -2.19. The second-order valence-electron chi connectivity index (χ2n) is 4.16. The highest BCUT2D eigenvalue weighted by molar-refractivity contribution is 6.02. The van der Waals surface area contributed by atoms with E-state index in [-0.39, 0.29) is 5.75 Å². The molecule has 102 valence electrons. The predicted molar refractivity (Wildman–Crippen MR) is 74.2 cm³/mol. The molecule has 2 rings (SSSR count). The van der Waals surface area contributed by atoms with Crippen LogP contribution in [0.25, 0.3) is 0 Å². The molecule has 1 amide bonds. The highest BCUT2D eigenvalue weighted by atomic mass is 19.1. The fourth-order valence-corrected chi connectivity index (χ4v) is 1.64. The normalized spacial score (nSPS) is 11.2. The van der Waals surface area contributed by atoms with Crippen LogP contribution in [0, 0.1) is 5.82 Å². The Labute approximate surface area is 115 Å². The summed E-state index contributed by atoms with van der Waals surface area (Å²) in [4.78, 5) is 11.8. The van der Waals surface area contributed by atoms with E-state index in [0.717, 1.165) is 0 Å². The average Bonchev–Trinajstić information content (AvgIpc) is 2.45. The molecule has 0 atom stereocenters. The summed E-state index contributed by atoms with van der Waals surface area (Å²) in [5.41, 5.74) is 3.67. The summed E-state index contributed by atoms with van der Waals surface area (Å²) >= 11 is 0. The van der Waals surface area contributed by atoms with Gasteiger partial charge < -0.3 is 5.11 Å². The molecule has 0 heterocycles.